The van der Waals surface area contributed by atoms with Crippen LogP contribution in [-0.2, 0) is 4.79 Å². The van der Waals surface area contributed by atoms with Gasteiger partial charge in [-0.25, -0.2) is 0 Å². The summed E-state index contributed by atoms with van der Waals surface area (Å²) in [6.07, 6.45) is 1.77. The first kappa shape index (κ1) is 11.7. The van der Waals surface area contributed by atoms with Crippen LogP contribution in [0, 0.1) is 6.92 Å². The fourth-order valence-corrected chi connectivity index (χ4v) is 2.31. The third-order valence-electron chi connectivity index (χ3n) is 3.24. The van der Waals surface area contributed by atoms with Crippen LogP contribution in [0.5, 0.6) is 0 Å². The number of benzodiazepines with no additional fused rings is 1. The predicted octanol–water partition coefficient (Wildman–Crippen LogP) is 3.09. The fourth-order valence-electron chi connectivity index (χ4n) is 2.31. The van der Waals surface area contributed by atoms with E-state index in [2.05, 4.69) is 4.99 Å². The molecule has 0 spiro atoms. The standard InChI is InChI=1S/C16H14N2O/c1-12-6-2-4-8-14(12)18-15-9-5-3-7-13(15)10-17-11-16(18)19/h2-10H,11H2,1H3. The number of aryl methyl sites for hydroxylation is 1. The lowest BCUT2D eigenvalue weighted by Gasteiger charge is -2.24. The van der Waals surface area contributed by atoms with Gasteiger partial charge in [-0.2, -0.15) is 0 Å². The van der Waals surface area contributed by atoms with Gasteiger partial charge >= 0.3 is 0 Å². The van der Waals surface area contributed by atoms with Crippen molar-refractivity contribution in [2.24, 2.45) is 4.99 Å². The average Bonchev–Trinajstić information content (AvgIpc) is 2.58. The SMILES string of the molecule is Cc1ccccc1N1C(=O)CN=Cc2ccccc21. The summed E-state index contributed by atoms with van der Waals surface area (Å²) in [7, 11) is 0. The van der Waals surface area contributed by atoms with Gasteiger partial charge in [0.25, 0.3) is 5.91 Å². The van der Waals surface area contributed by atoms with E-state index in [0.29, 0.717) is 0 Å². The van der Waals surface area contributed by atoms with Gasteiger partial charge < -0.3 is 0 Å². The van der Waals surface area contributed by atoms with Crippen molar-refractivity contribution in [2.75, 3.05) is 11.4 Å². The van der Waals surface area contributed by atoms with E-state index >= 15 is 0 Å². The summed E-state index contributed by atoms with van der Waals surface area (Å²) < 4.78 is 0. The maximum absolute atomic E-state index is 12.3. The van der Waals surface area contributed by atoms with Crippen LogP contribution in [0.4, 0.5) is 11.4 Å². The van der Waals surface area contributed by atoms with Gasteiger partial charge in [-0.15, -0.1) is 0 Å². The molecular formula is C16H14N2O. The highest BCUT2D eigenvalue weighted by Crippen LogP contribution is 2.31. The zero-order chi connectivity index (χ0) is 13.2. The molecule has 3 heteroatoms. The van der Waals surface area contributed by atoms with Crippen molar-refractivity contribution in [3.05, 3.63) is 59.7 Å². The highest BCUT2D eigenvalue weighted by Gasteiger charge is 2.22. The number of hydrogen-bond donors (Lipinski definition) is 0. The largest absolute Gasteiger partial charge is 0.283 e. The normalized spacial score (nSPS) is 14.2. The molecule has 2 aromatic carbocycles. The van der Waals surface area contributed by atoms with Gasteiger partial charge in [0.1, 0.15) is 6.54 Å². The molecule has 0 aromatic heterocycles. The van der Waals surface area contributed by atoms with Crippen LogP contribution in [-0.4, -0.2) is 18.7 Å². The van der Waals surface area contributed by atoms with E-state index < -0.39 is 0 Å². The van der Waals surface area contributed by atoms with Crippen LogP contribution in [0.25, 0.3) is 0 Å². The highest BCUT2D eigenvalue weighted by atomic mass is 16.2. The van der Waals surface area contributed by atoms with E-state index in [9.17, 15) is 4.79 Å². The number of aliphatic imine (C=N–C) groups is 1. The van der Waals surface area contributed by atoms with E-state index in [1.54, 1.807) is 11.1 Å². The van der Waals surface area contributed by atoms with Crippen LogP contribution in [0.1, 0.15) is 11.1 Å². The zero-order valence-corrected chi connectivity index (χ0v) is 10.7. The first-order valence-electron chi connectivity index (χ1n) is 6.25. The summed E-state index contributed by atoms with van der Waals surface area (Å²) in [6.45, 7) is 2.19. The van der Waals surface area contributed by atoms with Gasteiger partial charge in [0.2, 0.25) is 0 Å². The lowest BCUT2D eigenvalue weighted by atomic mass is 10.1. The lowest BCUT2D eigenvalue weighted by molar-refractivity contribution is -0.116. The Morgan fingerprint density at radius 1 is 1.00 bits per heavy atom. The number of para-hydroxylation sites is 2. The minimum Gasteiger partial charge on any atom is -0.283 e. The molecule has 3 rings (SSSR count). The Morgan fingerprint density at radius 3 is 2.47 bits per heavy atom. The summed E-state index contributed by atoms with van der Waals surface area (Å²) in [4.78, 5) is 18.3. The Labute approximate surface area is 112 Å². The number of benzene rings is 2. The predicted molar refractivity (Wildman–Crippen MR) is 77.2 cm³/mol. The molecule has 0 radical (unpaired) electrons. The zero-order valence-electron chi connectivity index (χ0n) is 10.7. The molecule has 1 amide bonds. The molecule has 0 bridgehead atoms. The first-order valence-corrected chi connectivity index (χ1v) is 6.25. The number of nitrogens with zero attached hydrogens (tertiary/aromatic N) is 2. The van der Waals surface area contributed by atoms with E-state index in [-0.39, 0.29) is 12.5 Å². The van der Waals surface area contributed by atoms with Crippen molar-refractivity contribution >= 4 is 23.5 Å². The van der Waals surface area contributed by atoms with Gasteiger partial charge in [-0.05, 0) is 24.6 Å². The third-order valence-corrected chi connectivity index (χ3v) is 3.24. The maximum atomic E-state index is 12.3. The number of carbonyl (C=O) groups excluding carboxylic acids is 1. The summed E-state index contributed by atoms with van der Waals surface area (Å²) >= 11 is 0. The molecule has 0 fully saturated rings. The van der Waals surface area contributed by atoms with E-state index in [1.165, 1.54) is 0 Å². The Bertz CT molecular complexity index is 661. The van der Waals surface area contributed by atoms with Crippen LogP contribution in [0.2, 0.25) is 0 Å². The van der Waals surface area contributed by atoms with Crippen molar-refractivity contribution in [2.45, 2.75) is 6.92 Å². The van der Waals surface area contributed by atoms with Gasteiger partial charge in [-0.3, -0.25) is 14.7 Å². The van der Waals surface area contributed by atoms with Crippen LogP contribution in [0.3, 0.4) is 0 Å². The molecule has 0 aliphatic carbocycles. The fraction of sp³-hybridized carbons (Fsp3) is 0.125. The molecule has 0 N–H and O–H groups in total. The van der Waals surface area contributed by atoms with Crippen molar-refractivity contribution in [1.82, 2.24) is 0 Å². The van der Waals surface area contributed by atoms with E-state index in [1.807, 2.05) is 55.5 Å². The molecule has 1 aliphatic heterocycles. The Morgan fingerprint density at radius 2 is 1.68 bits per heavy atom. The molecule has 0 unspecified atom stereocenters. The molecular weight excluding hydrogens is 236 g/mol. The number of amides is 1. The molecule has 94 valence electrons. The molecule has 0 saturated heterocycles. The molecule has 1 aliphatic rings. The second-order valence-electron chi connectivity index (χ2n) is 4.54. The van der Waals surface area contributed by atoms with E-state index in [0.717, 1.165) is 22.5 Å². The number of anilines is 2. The van der Waals surface area contributed by atoms with Gasteiger partial charge in [0.15, 0.2) is 0 Å². The molecule has 2 aromatic rings. The Kier molecular flexibility index (Phi) is 2.88. The highest BCUT2D eigenvalue weighted by molar-refractivity contribution is 6.08. The van der Waals surface area contributed by atoms with Crippen molar-refractivity contribution < 1.29 is 4.79 Å². The summed E-state index contributed by atoms with van der Waals surface area (Å²) in [5, 5.41) is 0. The van der Waals surface area contributed by atoms with Gasteiger partial charge in [-0.1, -0.05) is 36.4 Å². The molecule has 1 heterocycles. The first-order chi connectivity index (χ1) is 9.27. The third kappa shape index (κ3) is 2.03. The van der Waals surface area contributed by atoms with Crippen molar-refractivity contribution in [3.8, 4) is 0 Å². The number of fused-ring (bicyclic) bond motifs is 1. The molecule has 0 atom stereocenters. The molecule has 0 saturated carbocycles. The van der Waals surface area contributed by atoms with E-state index in [4.69, 9.17) is 0 Å². The average molecular weight is 250 g/mol. The second-order valence-corrected chi connectivity index (χ2v) is 4.54. The molecule has 3 nitrogen and oxygen atoms in total. The smallest absolute Gasteiger partial charge is 0.253 e. The monoisotopic (exact) mass is 250 g/mol. The van der Waals surface area contributed by atoms with Gasteiger partial charge in [0, 0.05) is 11.8 Å². The number of hydrogen-bond acceptors (Lipinski definition) is 2. The second kappa shape index (κ2) is 4.69. The summed E-state index contributed by atoms with van der Waals surface area (Å²) in [5.74, 6) is -0.00417. The van der Waals surface area contributed by atoms with Crippen molar-refractivity contribution in [1.29, 1.82) is 0 Å². The quantitative estimate of drug-likeness (QED) is 0.765. The van der Waals surface area contributed by atoms with Crippen LogP contribution >= 0.6 is 0 Å². The number of carbonyl (C=O) groups is 1. The topological polar surface area (TPSA) is 32.7 Å². The van der Waals surface area contributed by atoms with Crippen molar-refractivity contribution in [3.63, 3.8) is 0 Å². The van der Waals surface area contributed by atoms with Crippen LogP contribution in [0.15, 0.2) is 53.5 Å². The minimum atomic E-state index is -0.00417. The minimum absolute atomic E-state index is 0.00417. The summed E-state index contributed by atoms with van der Waals surface area (Å²) in [6, 6.07) is 15.7. The maximum Gasteiger partial charge on any atom is 0.253 e. The van der Waals surface area contributed by atoms with Crippen LogP contribution < -0.4 is 4.90 Å². The Hall–Kier alpha value is -2.42. The van der Waals surface area contributed by atoms with Gasteiger partial charge in [0.05, 0.1) is 11.4 Å². The number of rotatable bonds is 1. The lowest BCUT2D eigenvalue weighted by Crippen LogP contribution is -2.28. The molecule has 19 heavy (non-hydrogen) atoms. The summed E-state index contributed by atoms with van der Waals surface area (Å²) in [5.41, 5.74) is 3.86. The Balaban J connectivity index is 2.20.